The molecule has 1 aromatic rings. The second-order valence-electron chi connectivity index (χ2n) is 4.49. The van der Waals surface area contributed by atoms with Crippen LogP contribution < -0.4 is 10.5 Å². The van der Waals surface area contributed by atoms with Crippen molar-refractivity contribution in [3.63, 3.8) is 0 Å². The first kappa shape index (κ1) is 15.2. The number of nitrogens with two attached hydrogens (primary N) is 1. The average Bonchev–Trinajstić information content (AvgIpc) is 2.38. The molecule has 0 heterocycles. The molecule has 0 fully saturated rings. The standard InChI is InChI=1S/C15H22N2O2/c1-3-4-5-6-11-19-14-9-7-13(8-10-14)15(18)17-12(2)16/h7-10H,3-6,11H2,1-2H3,(H2,16,17,18). The third-order valence-corrected chi connectivity index (χ3v) is 2.65. The van der Waals surface area contributed by atoms with E-state index in [1.165, 1.54) is 19.3 Å². The minimum atomic E-state index is -0.325. The Morgan fingerprint density at radius 1 is 1.21 bits per heavy atom. The minimum Gasteiger partial charge on any atom is -0.494 e. The molecule has 0 saturated heterocycles. The molecular formula is C15H22N2O2. The van der Waals surface area contributed by atoms with Gasteiger partial charge in [0.25, 0.3) is 5.91 Å². The minimum absolute atomic E-state index is 0.265. The highest BCUT2D eigenvalue weighted by Crippen LogP contribution is 2.13. The Labute approximate surface area is 114 Å². The van der Waals surface area contributed by atoms with Crippen molar-refractivity contribution < 1.29 is 9.53 Å². The number of amidine groups is 1. The first-order valence-corrected chi connectivity index (χ1v) is 6.71. The molecule has 0 bridgehead atoms. The molecule has 1 aromatic carbocycles. The zero-order valence-corrected chi connectivity index (χ0v) is 11.7. The summed E-state index contributed by atoms with van der Waals surface area (Å²) in [6.45, 7) is 4.49. The Morgan fingerprint density at radius 2 is 1.89 bits per heavy atom. The van der Waals surface area contributed by atoms with E-state index in [4.69, 9.17) is 10.5 Å². The van der Waals surface area contributed by atoms with Gasteiger partial charge in [-0.3, -0.25) is 4.79 Å². The Hall–Kier alpha value is -1.84. The number of nitrogens with zero attached hydrogens (tertiary/aromatic N) is 1. The monoisotopic (exact) mass is 262 g/mol. The van der Waals surface area contributed by atoms with Crippen molar-refractivity contribution in [3.8, 4) is 5.75 Å². The zero-order valence-electron chi connectivity index (χ0n) is 11.7. The maximum absolute atomic E-state index is 11.6. The number of unbranched alkanes of at least 4 members (excludes halogenated alkanes) is 3. The van der Waals surface area contributed by atoms with Crippen LogP contribution in [0.5, 0.6) is 5.75 Å². The molecule has 0 unspecified atom stereocenters. The first-order valence-electron chi connectivity index (χ1n) is 6.71. The highest BCUT2D eigenvalue weighted by atomic mass is 16.5. The van der Waals surface area contributed by atoms with Crippen molar-refractivity contribution >= 4 is 11.7 Å². The highest BCUT2D eigenvalue weighted by molar-refractivity contribution is 6.02. The largest absolute Gasteiger partial charge is 0.494 e. The second kappa shape index (κ2) is 8.29. The Bertz CT molecular complexity index is 420. The third-order valence-electron chi connectivity index (χ3n) is 2.65. The molecule has 0 radical (unpaired) electrons. The molecule has 0 spiro atoms. The van der Waals surface area contributed by atoms with Crippen LogP contribution in [-0.2, 0) is 0 Å². The summed E-state index contributed by atoms with van der Waals surface area (Å²) in [6.07, 6.45) is 4.72. The summed E-state index contributed by atoms with van der Waals surface area (Å²) in [5, 5.41) is 0. The van der Waals surface area contributed by atoms with Gasteiger partial charge in [0.1, 0.15) is 11.6 Å². The lowest BCUT2D eigenvalue weighted by Crippen LogP contribution is -2.09. The van der Waals surface area contributed by atoms with E-state index in [2.05, 4.69) is 11.9 Å². The summed E-state index contributed by atoms with van der Waals surface area (Å²) >= 11 is 0. The van der Waals surface area contributed by atoms with Crippen LogP contribution in [0.1, 0.15) is 49.9 Å². The molecule has 104 valence electrons. The maximum Gasteiger partial charge on any atom is 0.278 e. The van der Waals surface area contributed by atoms with Gasteiger partial charge in [-0.2, -0.15) is 4.99 Å². The van der Waals surface area contributed by atoms with Gasteiger partial charge in [0.2, 0.25) is 0 Å². The quantitative estimate of drug-likeness (QED) is 0.466. The number of hydrogen-bond acceptors (Lipinski definition) is 2. The van der Waals surface area contributed by atoms with E-state index in [0.717, 1.165) is 12.2 Å². The van der Waals surface area contributed by atoms with E-state index in [-0.39, 0.29) is 11.7 Å². The fraction of sp³-hybridized carbons (Fsp3) is 0.467. The van der Waals surface area contributed by atoms with E-state index in [0.29, 0.717) is 12.2 Å². The number of amides is 1. The van der Waals surface area contributed by atoms with Gasteiger partial charge in [-0.1, -0.05) is 26.2 Å². The van der Waals surface area contributed by atoms with Crippen LogP contribution in [0.2, 0.25) is 0 Å². The van der Waals surface area contributed by atoms with Crippen LogP contribution in [0.25, 0.3) is 0 Å². The van der Waals surface area contributed by atoms with Gasteiger partial charge in [0, 0.05) is 5.56 Å². The number of carbonyl (C=O) groups excluding carboxylic acids is 1. The third kappa shape index (κ3) is 6.04. The molecule has 1 amide bonds. The summed E-state index contributed by atoms with van der Waals surface area (Å²) in [6, 6.07) is 6.98. The van der Waals surface area contributed by atoms with Gasteiger partial charge < -0.3 is 10.5 Å². The van der Waals surface area contributed by atoms with Crippen molar-refractivity contribution in [3.05, 3.63) is 29.8 Å². The lowest BCUT2D eigenvalue weighted by Gasteiger charge is -2.06. The Balaban J connectivity index is 2.43. The predicted octanol–water partition coefficient (Wildman–Crippen LogP) is 3.16. The number of ether oxygens (including phenoxy) is 1. The van der Waals surface area contributed by atoms with Crippen LogP contribution in [-0.4, -0.2) is 18.3 Å². The topological polar surface area (TPSA) is 64.7 Å². The summed E-state index contributed by atoms with van der Waals surface area (Å²) in [5.41, 5.74) is 5.89. The number of benzene rings is 1. The van der Waals surface area contributed by atoms with Gasteiger partial charge in [-0.05, 0) is 37.6 Å². The van der Waals surface area contributed by atoms with Gasteiger partial charge >= 0.3 is 0 Å². The average molecular weight is 262 g/mol. The molecule has 0 aliphatic carbocycles. The van der Waals surface area contributed by atoms with E-state index >= 15 is 0 Å². The van der Waals surface area contributed by atoms with Gasteiger partial charge in [0.15, 0.2) is 0 Å². The van der Waals surface area contributed by atoms with Crippen molar-refractivity contribution in [2.45, 2.75) is 39.5 Å². The van der Waals surface area contributed by atoms with E-state index in [1.54, 1.807) is 31.2 Å². The van der Waals surface area contributed by atoms with Crippen molar-refractivity contribution in [2.24, 2.45) is 10.7 Å². The Morgan fingerprint density at radius 3 is 2.47 bits per heavy atom. The van der Waals surface area contributed by atoms with Gasteiger partial charge in [-0.25, -0.2) is 0 Å². The summed E-state index contributed by atoms with van der Waals surface area (Å²) in [4.78, 5) is 15.3. The highest BCUT2D eigenvalue weighted by Gasteiger charge is 2.04. The van der Waals surface area contributed by atoms with Gasteiger partial charge in [0.05, 0.1) is 6.61 Å². The lowest BCUT2D eigenvalue weighted by molar-refractivity contribution is 0.100. The molecule has 0 saturated carbocycles. The van der Waals surface area contributed by atoms with Gasteiger partial charge in [-0.15, -0.1) is 0 Å². The molecule has 4 nitrogen and oxygen atoms in total. The van der Waals surface area contributed by atoms with Crippen LogP contribution in [0, 0.1) is 0 Å². The number of carbonyl (C=O) groups is 1. The summed E-state index contributed by atoms with van der Waals surface area (Å²) in [5.74, 6) is 0.720. The molecule has 2 N–H and O–H groups in total. The van der Waals surface area contributed by atoms with Crippen LogP contribution in [0.4, 0.5) is 0 Å². The molecule has 1 rings (SSSR count). The molecule has 0 aliphatic heterocycles. The van der Waals surface area contributed by atoms with Crippen molar-refractivity contribution in [1.29, 1.82) is 0 Å². The smallest absolute Gasteiger partial charge is 0.278 e. The predicted molar refractivity (Wildman–Crippen MR) is 77.7 cm³/mol. The molecule has 19 heavy (non-hydrogen) atoms. The normalized spacial score (nSPS) is 11.4. The fourth-order valence-corrected chi connectivity index (χ4v) is 1.64. The van der Waals surface area contributed by atoms with Crippen LogP contribution in [0.3, 0.4) is 0 Å². The Kier molecular flexibility index (Phi) is 6.64. The van der Waals surface area contributed by atoms with E-state index < -0.39 is 0 Å². The SMILES string of the molecule is CCCCCCOc1ccc(C(=O)N=C(C)N)cc1. The van der Waals surface area contributed by atoms with Crippen LogP contribution >= 0.6 is 0 Å². The van der Waals surface area contributed by atoms with Crippen molar-refractivity contribution in [2.75, 3.05) is 6.61 Å². The first-order chi connectivity index (χ1) is 9.13. The lowest BCUT2D eigenvalue weighted by atomic mass is 10.2. The summed E-state index contributed by atoms with van der Waals surface area (Å²) in [7, 11) is 0. The summed E-state index contributed by atoms with van der Waals surface area (Å²) < 4.78 is 5.60. The number of rotatable bonds is 7. The van der Waals surface area contributed by atoms with E-state index in [1.807, 2.05) is 0 Å². The molecule has 0 atom stereocenters. The number of hydrogen-bond donors (Lipinski definition) is 1. The molecule has 0 aliphatic rings. The zero-order chi connectivity index (χ0) is 14.1. The van der Waals surface area contributed by atoms with E-state index in [9.17, 15) is 4.79 Å². The fourth-order valence-electron chi connectivity index (χ4n) is 1.64. The second-order valence-corrected chi connectivity index (χ2v) is 4.49. The molecular weight excluding hydrogens is 240 g/mol. The van der Waals surface area contributed by atoms with Crippen LogP contribution in [0.15, 0.2) is 29.3 Å². The number of aliphatic imine (C=N–C) groups is 1. The molecule has 4 heteroatoms. The molecule has 0 aromatic heterocycles. The van der Waals surface area contributed by atoms with Crippen molar-refractivity contribution in [1.82, 2.24) is 0 Å². The maximum atomic E-state index is 11.6.